The summed E-state index contributed by atoms with van der Waals surface area (Å²) >= 11 is 0. The number of carbonyl (C=O) groups is 1. The molecule has 0 aliphatic heterocycles. The second-order valence-electron chi connectivity index (χ2n) is 5.30. The molecule has 9 heteroatoms. The highest BCUT2D eigenvalue weighted by Crippen LogP contribution is 2.26. The van der Waals surface area contributed by atoms with Crippen molar-refractivity contribution in [1.29, 1.82) is 0 Å². The minimum Gasteiger partial charge on any atom is -0.347 e. The van der Waals surface area contributed by atoms with Gasteiger partial charge in [-0.25, -0.2) is 13.8 Å². The normalized spacial score (nSPS) is 10.9. The number of carbonyl (C=O) groups excluding carboxylic acids is 1. The highest BCUT2D eigenvalue weighted by Gasteiger charge is 2.20. The number of likely N-dealkylation sites (N-methyl/N-ethyl adjacent to an activating group) is 1. The minimum atomic E-state index is -0.837. The molecule has 0 spiro atoms. The van der Waals surface area contributed by atoms with Gasteiger partial charge in [0.1, 0.15) is 34.9 Å². The topological polar surface area (TPSA) is 84.2 Å². The number of halogens is 2. The lowest BCUT2D eigenvalue weighted by molar-refractivity contribution is -0.115. The van der Waals surface area contributed by atoms with Crippen molar-refractivity contribution < 1.29 is 18.1 Å². The van der Waals surface area contributed by atoms with Crippen LogP contribution in [0.5, 0.6) is 0 Å². The van der Waals surface area contributed by atoms with Crippen LogP contribution in [-0.2, 0) is 4.79 Å². The van der Waals surface area contributed by atoms with Crippen molar-refractivity contribution in [2.75, 3.05) is 23.3 Å². The second kappa shape index (κ2) is 6.80. The number of hydrogen-bond donors (Lipinski definition) is 1. The standard InChI is InChI=1S/C16H15F2N5O2/c1-3-23(15-13-9(2)22-25-16(13)20-8-19-15)7-12(24)21-14-10(17)5-4-6-11(14)18/h4-6,8H,3,7H2,1-2H3,(H,21,24). The van der Waals surface area contributed by atoms with Crippen molar-refractivity contribution in [2.45, 2.75) is 13.8 Å². The van der Waals surface area contributed by atoms with Crippen molar-refractivity contribution in [3.8, 4) is 0 Å². The quantitative estimate of drug-likeness (QED) is 0.764. The number of nitrogens with one attached hydrogen (secondary N) is 1. The Hall–Kier alpha value is -3.10. The summed E-state index contributed by atoms with van der Waals surface area (Å²) in [6.45, 7) is 3.85. The molecule has 3 aromatic rings. The van der Waals surface area contributed by atoms with E-state index in [0.29, 0.717) is 29.2 Å². The number of aromatic nitrogens is 3. The number of aryl methyl sites for hydroxylation is 1. The van der Waals surface area contributed by atoms with Gasteiger partial charge in [0.15, 0.2) is 0 Å². The van der Waals surface area contributed by atoms with E-state index in [0.717, 1.165) is 12.1 Å². The highest BCUT2D eigenvalue weighted by atomic mass is 19.1. The monoisotopic (exact) mass is 347 g/mol. The number of amides is 1. The van der Waals surface area contributed by atoms with E-state index >= 15 is 0 Å². The predicted molar refractivity (Wildman–Crippen MR) is 87.2 cm³/mol. The third kappa shape index (κ3) is 3.25. The van der Waals surface area contributed by atoms with Gasteiger partial charge in [0.2, 0.25) is 5.91 Å². The molecule has 7 nitrogen and oxygen atoms in total. The molecule has 25 heavy (non-hydrogen) atoms. The summed E-state index contributed by atoms with van der Waals surface area (Å²) in [5, 5.41) is 6.69. The Morgan fingerprint density at radius 3 is 2.68 bits per heavy atom. The van der Waals surface area contributed by atoms with E-state index in [4.69, 9.17) is 4.52 Å². The molecular weight excluding hydrogens is 332 g/mol. The fraction of sp³-hybridized carbons (Fsp3) is 0.250. The average Bonchev–Trinajstić information content (AvgIpc) is 2.98. The maximum atomic E-state index is 13.7. The molecule has 0 aliphatic carbocycles. The molecule has 0 radical (unpaired) electrons. The van der Waals surface area contributed by atoms with Gasteiger partial charge in [0, 0.05) is 6.54 Å². The first-order chi connectivity index (χ1) is 12.0. The maximum absolute atomic E-state index is 13.7. The smallest absolute Gasteiger partial charge is 0.263 e. The average molecular weight is 347 g/mol. The van der Waals surface area contributed by atoms with Gasteiger partial charge in [0.05, 0.1) is 12.2 Å². The van der Waals surface area contributed by atoms with Gasteiger partial charge in [0.25, 0.3) is 5.71 Å². The van der Waals surface area contributed by atoms with E-state index < -0.39 is 23.2 Å². The highest BCUT2D eigenvalue weighted by molar-refractivity contribution is 5.96. The van der Waals surface area contributed by atoms with Gasteiger partial charge in [-0.1, -0.05) is 11.2 Å². The number of fused-ring (bicyclic) bond motifs is 1. The molecule has 0 saturated carbocycles. The van der Waals surface area contributed by atoms with Crippen molar-refractivity contribution in [2.24, 2.45) is 0 Å². The van der Waals surface area contributed by atoms with E-state index in [1.54, 1.807) is 11.8 Å². The molecule has 1 amide bonds. The van der Waals surface area contributed by atoms with Crippen molar-refractivity contribution in [3.05, 3.63) is 41.9 Å². The molecule has 0 aliphatic rings. The zero-order valence-corrected chi connectivity index (χ0v) is 13.6. The zero-order chi connectivity index (χ0) is 18.0. The fourth-order valence-corrected chi connectivity index (χ4v) is 2.45. The molecule has 130 valence electrons. The molecule has 3 rings (SSSR count). The lowest BCUT2D eigenvalue weighted by Crippen LogP contribution is -2.34. The lowest BCUT2D eigenvalue weighted by atomic mass is 10.2. The summed E-state index contributed by atoms with van der Waals surface area (Å²) in [5.74, 6) is -1.78. The first-order valence-corrected chi connectivity index (χ1v) is 7.57. The third-order valence-electron chi connectivity index (χ3n) is 3.67. The first-order valence-electron chi connectivity index (χ1n) is 7.57. The summed E-state index contributed by atoms with van der Waals surface area (Å²) < 4.78 is 32.4. The van der Waals surface area contributed by atoms with Gasteiger partial charge in [-0.2, -0.15) is 4.98 Å². The Bertz CT molecular complexity index is 908. The largest absolute Gasteiger partial charge is 0.347 e. The van der Waals surface area contributed by atoms with Crippen LogP contribution in [0.1, 0.15) is 12.6 Å². The van der Waals surface area contributed by atoms with Crippen LogP contribution in [0.4, 0.5) is 20.3 Å². The van der Waals surface area contributed by atoms with Gasteiger partial charge in [-0.3, -0.25) is 4.79 Å². The third-order valence-corrected chi connectivity index (χ3v) is 3.67. The zero-order valence-electron chi connectivity index (χ0n) is 13.6. The van der Waals surface area contributed by atoms with Crippen LogP contribution in [-0.4, -0.2) is 34.1 Å². The summed E-state index contributed by atoms with van der Waals surface area (Å²) in [6, 6.07) is 3.38. The van der Waals surface area contributed by atoms with E-state index in [2.05, 4.69) is 20.4 Å². The van der Waals surface area contributed by atoms with Crippen LogP contribution in [0, 0.1) is 18.6 Å². The van der Waals surface area contributed by atoms with Crippen LogP contribution < -0.4 is 10.2 Å². The number of rotatable bonds is 5. The molecule has 1 N–H and O–H groups in total. The first kappa shape index (κ1) is 16.7. The van der Waals surface area contributed by atoms with Gasteiger partial charge in [-0.15, -0.1) is 0 Å². The van der Waals surface area contributed by atoms with Gasteiger partial charge < -0.3 is 14.7 Å². The molecule has 0 bridgehead atoms. The summed E-state index contributed by atoms with van der Waals surface area (Å²) in [7, 11) is 0. The van der Waals surface area contributed by atoms with Crippen LogP contribution >= 0.6 is 0 Å². The lowest BCUT2D eigenvalue weighted by Gasteiger charge is -2.21. The van der Waals surface area contributed by atoms with E-state index in [-0.39, 0.29) is 6.54 Å². The second-order valence-corrected chi connectivity index (χ2v) is 5.30. The SMILES string of the molecule is CCN(CC(=O)Nc1c(F)cccc1F)c1ncnc2onc(C)c12. The Balaban J connectivity index is 1.84. The van der Waals surface area contributed by atoms with Gasteiger partial charge >= 0.3 is 0 Å². The van der Waals surface area contributed by atoms with Crippen LogP contribution in [0.25, 0.3) is 11.1 Å². The number of hydrogen-bond acceptors (Lipinski definition) is 6. The van der Waals surface area contributed by atoms with Crippen LogP contribution in [0.15, 0.2) is 29.0 Å². The molecule has 0 atom stereocenters. The van der Waals surface area contributed by atoms with Crippen LogP contribution in [0.2, 0.25) is 0 Å². The number of benzene rings is 1. The Labute approximate surface area is 141 Å². The number of anilines is 2. The fourth-order valence-electron chi connectivity index (χ4n) is 2.45. The van der Waals surface area contributed by atoms with E-state index in [1.165, 1.54) is 12.4 Å². The van der Waals surface area contributed by atoms with Crippen molar-refractivity contribution >= 4 is 28.5 Å². The summed E-state index contributed by atoms with van der Waals surface area (Å²) in [6.07, 6.45) is 1.30. The molecule has 0 unspecified atom stereocenters. The molecule has 2 heterocycles. The predicted octanol–water partition coefficient (Wildman–Crippen LogP) is 2.67. The molecule has 1 aromatic carbocycles. The van der Waals surface area contributed by atoms with Crippen LogP contribution in [0.3, 0.4) is 0 Å². The Kier molecular flexibility index (Phi) is 4.55. The summed E-state index contributed by atoms with van der Waals surface area (Å²) in [5.41, 5.74) is 0.420. The van der Waals surface area contributed by atoms with Gasteiger partial charge in [-0.05, 0) is 26.0 Å². The Morgan fingerprint density at radius 1 is 1.28 bits per heavy atom. The van der Waals surface area contributed by atoms with E-state index in [9.17, 15) is 13.6 Å². The molecular formula is C16H15F2N5O2. The minimum absolute atomic E-state index is 0.152. The number of nitrogens with zero attached hydrogens (tertiary/aromatic N) is 4. The van der Waals surface area contributed by atoms with Crippen molar-refractivity contribution in [3.63, 3.8) is 0 Å². The summed E-state index contributed by atoms with van der Waals surface area (Å²) in [4.78, 5) is 22.1. The maximum Gasteiger partial charge on any atom is 0.263 e. The molecule has 2 aromatic heterocycles. The molecule has 0 saturated heterocycles. The van der Waals surface area contributed by atoms with E-state index in [1.807, 2.05) is 6.92 Å². The molecule has 0 fully saturated rings. The van der Waals surface area contributed by atoms with Crippen molar-refractivity contribution in [1.82, 2.24) is 15.1 Å². The number of para-hydroxylation sites is 1. The Morgan fingerprint density at radius 2 is 2.00 bits per heavy atom.